The average molecular weight is 289 g/mol. The number of aliphatic hydroxyl groups is 2. The molecule has 1 saturated heterocycles. The van der Waals surface area contributed by atoms with Gasteiger partial charge in [-0.25, -0.2) is 4.79 Å². The number of carbonyl (C=O) groups excluding carboxylic acids is 2. The number of aliphatic hydroxyl groups excluding tert-OH is 2. The maximum atomic E-state index is 12.1. The Hall–Kier alpha value is -1.34. The highest BCUT2D eigenvalue weighted by Gasteiger charge is 2.42. The first-order valence-electron chi connectivity index (χ1n) is 6.56. The summed E-state index contributed by atoms with van der Waals surface area (Å²) in [7, 11) is 1.23. The first kappa shape index (κ1) is 16.7. The molecule has 0 saturated carbocycles. The lowest BCUT2D eigenvalue weighted by atomic mass is 9.90. The maximum absolute atomic E-state index is 12.1. The SMILES string of the molecule is COC(=O)[C@H]1CN(C(=O)OC(C)(C)C)[C@H](CO)C[C@H]1O. The molecular weight excluding hydrogens is 266 g/mol. The molecule has 0 aliphatic carbocycles. The van der Waals surface area contributed by atoms with E-state index in [1.165, 1.54) is 12.0 Å². The molecular formula is C13H23NO6. The number of amides is 1. The number of methoxy groups -OCH3 is 1. The lowest BCUT2D eigenvalue weighted by Gasteiger charge is -2.40. The third-order valence-corrected chi connectivity index (χ3v) is 3.15. The van der Waals surface area contributed by atoms with Gasteiger partial charge in [0.05, 0.1) is 25.9 Å². The van der Waals surface area contributed by atoms with E-state index in [-0.39, 0.29) is 19.6 Å². The highest BCUT2D eigenvalue weighted by molar-refractivity contribution is 5.75. The largest absolute Gasteiger partial charge is 0.469 e. The van der Waals surface area contributed by atoms with Crippen LogP contribution >= 0.6 is 0 Å². The van der Waals surface area contributed by atoms with E-state index in [4.69, 9.17) is 4.74 Å². The number of hydrogen-bond donors (Lipinski definition) is 2. The molecule has 0 aromatic heterocycles. The van der Waals surface area contributed by atoms with Crippen molar-refractivity contribution in [1.82, 2.24) is 4.90 Å². The molecule has 1 aliphatic rings. The van der Waals surface area contributed by atoms with E-state index in [9.17, 15) is 19.8 Å². The van der Waals surface area contributed by atoms with Gasteiger partial charge < -0.3 is 24.6 Å². The van der Waals surface area contributed by atoms with Gasteiger partial charge in [-0.2, -0.15) is 0 Å². The van der Waals surface area contributed by atoms with Crippen molar-refractivity contribution in [3.05, 3.63) is 0 Å². The summed E-state index contributed by atoms with van der Waals surface area (Å²) < 4.78 is 9.87. The highest BCUT2D eigenvalue weighted by atomic mass is 16.6. The Kier molecular flexibility index (Phi) is 5.35. The summed E-state index contributed by atoms with van der Waals surface area (Å²) in [4.78, 5) is 25.0. The standard InChI is InChI=1S/C13H23NO6/c1-13(2,3)20-12(18)14-6-9(11(17)19-4)10(16)5-8(14)7-15/h8-10,15-16H,5-7H2,1-4H3/t8-,9-,10+/m0/s1. The van der Waals surface area contributed by atoms with Crippen LogP contribution in [0.1, 0.15) is 27.2 Å². The van der Waals surface area contributed by atoms with Crippen molar-refractivity contribution < 1.29 is 29.3 Å². The van der Waals surface area contributed by atoms with Crippen LogP contribution in [0.5, 0.6) is 0 Å². The fourth-order valence-corrected chi connectivity index (χ4v) is 2.15. The molecule has 2 N–H and O–H groups in total. The van der Waals surface area contributed by atoms with E-state index < -0.39 is 35.7 Å². The molecule has 3 atom stereocenters. The number of esters is 1. The van der Waals surface area contributed by atoms with Gasteiger partial charge >= 0.3 is 12.1 Å². The van der Waals surface area contributed by atoms with Crippen molar-refractivity contribution in [1.29, 1.82) is 0 Å². The zero-order chi connectivity index (χ0) is 15.5. The van der Waals surface area contributed by atoms with Gasteiger partial charge in [-0.1, -0.05) is 0 Å². The Morgan fingerprint density at radius 3 is 2.40 bits per heavy atom. The van der Waals surface area contributed by atoms with Crippen LogP contribution in [0.4, 0.5) is 4.79 Å². The van der Waals surface area contributed by atoms with E-state index in [1.54, 1.807) is 20.8 Å². The number of likely N-dealkylation sites (tertiary alicyclic amines) is 1. The molecule has 0 aromatic rings. The fraction of sp³-hybridized carbons (Fsp3) is 0.846. The normalized spacial score (nSPS) is 27.1. The number of rotatable bonds is 2. The number of ether oxygens (including phenoxy) is 2. The molecule has 1 aliphatic heterocycles. The van der Waals surface area contributed by atoms with Crippen LogP contribution in [0.2, 0.25) is 0 Å². The monoisotopic (exact) mass is 289 g/mol. The first-order chi connectivity index (χ1) is 9.19. The molecule has 0 bridgehead atoms. The highest BCUT2D eigenvalue weighted by Crippen LogP contribution is 2.25. The van der Waals surface area contributed by atoms with Gasteiger partial charge in [-0.05, 0) is 27.2 Å². The number of carbonyl (C=O) groups is 2. The second-order valence-electron chi connectivity index (χ2n) is 5.90. The quantitative estimate of drug-likeness (QED) is 0.702. The summed E-state index contributed by atoms with van der Waals surface area (Å²) in [6, 6.07) is -0.569. The minimum atomic E-state index is -0.946. The van der Waals surface area contributed by atoms with Gasteiger partial charge in [-0.3, -0.25) is 4.79 Å². The molecule has 20 heavy (non-hydrogen) atoms. The van der Waals surface area contributed by atoms with Gasteiger partial charge in [0.25, 0.3) is 0 Å². The van der Waals surface area contributed by atoms with Gasteiger partial charge in [-0.15, -0.1) is 0 Å². The molecule has 7 heteroatoms. The summed E-state index contributed by atoms with van der Waals surface area (Å²) in [5, 5.41) is 19.2. The van der Waals surface area contributed by atoms with Crippen molar-refractivity contribution in [2.24, 2.45) is 5.92 Å². The molecule has 0 radical (unpaired) electrons. The summed E-state index contributed by atoms with van der Waals surface area (Å²) in [5.41, 5.74) is -0.673. The van der Waals surface area contributed by atoms with E-state index in [2.05, 4.69) is 4.74 Å². The van der Waals surface area contributed by atoms with Crippen molar-refractivity contribution in [3.63, 3.8) is 0 Å². The molecule has 1 amide bonds. The summed E-state index contributed by atoms with van der Waals surface area (Å²) in [6.45, 7) is 4.86. The Bertz CT molecular complexity index is 364. The second kappa shape index (κ2) is 6.41. The third kappa shape index (κ3) is 4.08. The zero-order valence-corrected chi connectivity index (χ0v) is 12.3. The third-order valence-electron chi connectivity index (χ3n) is 3.15. The predicted octanol–water partition coefficient (Wildman–Crippen LogP) is 0.138. The first-order valence-corrected chi connectivity index (χ1v) is 6.56. The zero-order valence-electron chi connectivity index (χ0n) is 12.3. The topological polar surface area (TPSA) is 96.3 Å². The average Bonchev–Trinajstić information content (AvgIpc) is 2.35. The smallest absolute Gasteiger partial charge is 0.410 e. The lowest BCUT2D eigenvalue weighted by Crippen LogP contribution is -2.56. The van der Waals surface area contributed by atoms with Crippen LogP contribution in [-0.2, 0) is 14.3 Å². The number of nitrogens with zero attached hydrogens (tertiary/aromatic N) is 1. The van der Waals surface area contributed by atoms with Crippen LogP contribution in [-0.4, -0.2) is 65.2 Å². The van der Waals surface area contributed by atoms with Crippen molar-refractivity contribution >= 4 is 12.1 Å². The lowest BCUT2D eigenvalue weighted by molar-refractivity contribution is -0.154. The summed E-state index contributed by atoms with van der Waals surface area (Å²) >= 11 is 0. The van der Waals surface area contributed by atoms with Crippen LogP contribution in [0.3, 0.4) is 0 Å². The Morgan fingerprint density at radius 1 is 1.35 bits per heavy atom. The number of piperidine rings is 1. The Balaban J connectivity index is 2.85. The van der Waals surface area contributed by atoms with E-state index in [0.29, 0.717) is 0 Å². The minimum absolute atomic E-state index is 0.0337. The van der Waals surface area contributed by atoms with Gasteiger partial charge in [0, 0.05) is 6.54 Å². The maximum Gasteiger partial charge on any atom is 0.410 e. The van der Waals surface area contributed by atoms with Gasteiger partial charge in [0.1, 0.15) is 11.5 Å². The molecule has 7 nitrogen and oxygen atoms in total. The summed E-state index contributed by atoms with van der Waals surface area (Å²) in [5.74, 6) is -1.40. The molecule has 0 spiro atoms. The predicted molar refractivity (Wildman–Crippen MR) is 69.9 cm³/mol. The van der Waals surface area contributed by atoms with E-state index in [1.807, 2.05) is 0 Å². The molecule has 1 rings (SSSR count). The summed E-state index contributed by atoms with van der Waals surface area (Å²) in [6.07, 6.45) is -1.45. The van der Waals surface area contributed by atoms with Crippen LogP contribution < -0.4 is 0 Å². The molecule has 116 valence electrons. The van der Waals surface area contributed by atoms with Crippen LogP contribution in [0, 0.1) is 5.92 Å². The molecule has 0 aromatic carbocycles. The van der Waals surface area contributed by atoms with Crippen LogP contribution in [0.15, 0.2) is 0 Å². The van der Waals surface area contributed by atoms with Crippen molar-refractivity contribution in [3.8, 4) is 0 Å². The Labute approximate surface area is 118 Å². The van der Waals surface area contributed by atoms with E-state index >= 15 is 0 Å². The van der Waals surface area contributed by atoms with Gasteiger partial charge in [0.2, 0.25) is 0 Å². The van der Waals surface area contributed by atoms with Gasteiger partial charge in [0.15, 0.2) is 0 Å². The second-order valence-corrected chi connectivity index (χ2v) is 5.90. The van der Waals surface area contributed by atoms with Crippen LogP contribution in [0.25, 0.3) is 0 Å². The number of hydrogen-bond acceptors (Lipinski definition) is 6. The van der Waals surface area contributed by atoms with Crippen molar-refractivity contribution in [2.75, 3.05) is 20.3 Å². The Morgan fingerprint density at radius 2 is 1.95 bits per heavy atom. The minimum Gasteiger partial charge on any atom is -0.469 e. The molecule has 1 fully saturated rings. The van der Waals surface area contributed by atoms with E-state index in [0.717, 1.165) is 0 Å². The van der Waals surface area contributed by atoms with Crippen molar-refractivity contribution in [2.45, 2.75) is 44.9 Å². The molecule has 1 heterocycles. The fourth-order valence-electron chi connectivity index (χ4n) is 2.15. The molecule has 0 unspecified atom stereocenters.